The molecule has 0 bridgehead atoms. The summed E-state index contributed by atoms with van der Waals surface area (Å²) in [5, 5.41) is 6.23. The average Bonchev–Trinajstić information content (AvgIpc) is 3.13. The molecule has 8 heteroatoms. The minimum atomic E-state index is -0.359. The Morgan fingerprint density at radius 2 is 2.17 bits per heavy atom. The summed E-state index contributed by atoms with van der Waals surface area (Å²) < 4.78 is 5.18. The molecular formula is C16H21N5O2S. The lowest BCUT2D eigenvalue weighted by atomic mass is 10.0. The van der Waals surface area contributed by atoms with Crippen LogP contribution in [0.5, 0.6) is 0 Å². The maximum Gasteiger partial charge on any atom is 0.415 e. The number of ether oxygens (including phenoxy) is 1. The number of nitrogens with zero attached hydrogens (tertiary/aromatic N) is 4. The van der Waals surface area contributed by atoms with E-state index >= 15 is 0 Å². The smallest absolute Gasteiger partial charge is 0.415 e. The van der Waals surface area contributed by atoms with Gasteiger partial charge in [-0.1, -0.05) is 13.8 Å². The number of hydrogen-bond donors (Lipinski definition) is 1. The van der Waals surface area contributed by atoms with Gasteiger partial charge in [0.2, 0.25) is 5.95 Å². The molecule has 0 radical (unpaired) electrons. The second-order valence-corrected chi connectivity index (χ2v) is 7.08. The molecule has 0 aromatic carbocycles. The van der Waals surface area contributed by atoms with E-state index in [1.807, 2.05) is 19.2 Å². The number of carbonyl (C=O) groups excluding carboxylic acids is 1. The summed E-state index contributed by atoms with van der Waals surface area (Å²) in [7, 11) is 0. The lowest BCUT2D eigenvalue weighted by molar-refractivity contribution is 0.177. The predicted molar refractivity (Wildman–Crippen MR) is 93.4 cm³/mol. The van der Waals surface area contributed by atoms with Crippen LogP contribution in [-0.2, 0) is 4.74 Å². The molecule has 1 saturated heterocycles. The van der Waals surface area contributed by atoms with Gasteiger partial charge in [-0.3, -0.25) is 4.90 Å². The van der Waals surface area contributed by atoms with Gasteiger partial charge >= 0.3 is 6.09 Å². The lowest BCUT2D eigenvalue weighted by Gasteiger charge is -2.23. The Morgan fingerprint density at radius 3 is 2.83 bits per heavy atom. The average molecular weight is 347 g/mol. The minimum absolute atomic E-state index is 0.00891. The Labute approximate surface area is 145 Å². The molecule has 1 N–H and O–H groups in total. The van der Waals surface area contributed by atoms with Crippen LogP contribution < -0.4 is 10.2 Å². The van der Waals surface area contributed by atoms with Gasteiger partial charge in [-0.25, -0.2) is 14.8 Å². The van der Waals surface area contributed by atoms with Gasteiger partial charge in [-0.15, -0.1) is 11.3 Å². The highest BCUT2D eigenvalue weighted by Crippen LogP contribution is 2.27. The van der Waals surface area contributed by atoms with Crippen LogP contribution in [0.2, 0.25) is 0 Å². The molecule has 1 aliphatic rings. The molecule has 0 spiro atoms. The molecule has 2 aromatic rings. The zero-order chi connectivity index (χ0) is 17.3. The minimum Gasteiger partial charge on any atom is -0.447 e. The second kappa shape index (κ2) is 6.72. The topological polar surface area (TPSA) is 80.2 Å². The van der Waals surface area contributed by atoms with Crippen molar-refractivity contribution in [2.24, 2.45) is 5.92 Å². The standard InChI is InChI=1S/C16H21N5O2S/c1-9(2)12-7-23-16(22)21(12)13-5-6-17-15(20-13)19-11(4)14-18-10(3)8-24-14/h5-6,8-9,11-12H,7H2,1-4H3,(H,17,19,20)/t11?,12-/m1/s1. The van der Waals surface area contributed by atoms with Gasteiger partial charge < -0.3 is 10.1 Å². The van der Waals surface area contributed by atoms with E-state index in [2.05, 4.69) is 34.1 Å². The zero-order valence-electron chi connectivity index (χ0n) is 14.2. The van der Waals surface area contributed by atoms with Crippen molar-refractivity contribution in [1.29, 1.82) is 0 Å². The summed E-state index contributed by atoms with van der Waals surface area (Å²) in [5.74, 6) is 1.30. The Balaban J connectivity index is 1.80. The first-order chi connectivity index (χ1) is 11.5. The summed E-state index contributed by atoms with van der Waals surface area (Å²) in [6, 6.07) is 1.70. The van der Waals surface area contributed by atoms with Crippen molar-refractivity contribution in [3.05, 3.63) is 28.3 Å². The second-order valence-electron chi connectivity index (χ2n) is 6.19. The fourth-order valence-electron chi connectivity index (χ4n) is 2.57. The SMILES string of the molecule is Cc1csc(C(C)Nc2nccc(N3C(=O)OC[C@@H]3C(C)C)n2)n1. The van der Waals surface area contributed by atoms with Gasteiger partial charge in [-0.05, 0) is 25.8 Å². The van der Waals surface area contributed by atoms with Crippen LogP contribution in [-0.4, -0.2) is 33.7 Å². The first-order valence-corrected chi connectivity index (χ1v) is 8.81. The van der Waals surface area contributed by atoms with Crippen molar-refractivity contribution in [2.75, 3.05) is 16.8 Å². The summed E-state index contributed by atoms with van der Waals surface area (Å²) in [4.78, 5) is 26.9. The Kier molecular flexibility index (Phi) is 4.66. The number of amides is 1. The van der Waals surface area contributed by atoms with Gasteiger partial charge in [0.15, 0.2) is 0 Å². The van der Waals surface area contributed by atoms with Crippen molar-refractivity contribution >= 4 is 29.2 Å². The Morgan fingerprint density at radius 1 is 1.38 bits per heavy atom. The zero-order valence-corrected chi connectivity index (χ0v) is 15.0. The van der Waals surface area contributed by atoms with Crippen LogP contribution in [0.25, 0.3) is 0 Å². The summed E-state index contributed by atoms with van der Waals surface area (Å²) in [6.07, 6.45) is 1.29. The fraction of sp³-hybridized carbons (Fsp3) is 0.500. The number of thiazole rings is 1. The number of aryl methyl sites for hydroxylation is 1. The molecule has 0 aliphatic carbocycles. The summed E-state index contributed by atoms with van der Waals surface area (Å²) >= 11 is 1.60. The van der Waals surface area contributed by atoms with E-state index in [0.717, 1.165) is 10.7 Å². The molecule has 3 rings (SSSR count). The number of hydrogen-bond acceptors (Lipinski definition) is 7. The Hall–Kier alpha value is -2.22. The third-order valence-corrected chi connectivity index (χ3v) is 5.06. The molecule has 24 heavy (non-hydrogen) atoms. The van der Waals surface area contributed by atoms with Crippen LogP contribution in [0.3, 0.4) is 0 Å². The van der Waals surface area contributed by atoms with Crippen LogP contribution in [0, 0.1) is 12.8 Å². The lowest BCUT2D eigenvalue weighted by Crippen LogP contribution is -2.37. The van der Waals surface area contributed by atoms with Crippen LogP contribution in [0.1, 0.15) is 37.5 Å². The Bertz CT molecular complexity index is 733. The van der Waals surface area contributed by atoms with E-state index in [-0.39, 0.29) is 24.1 Å². The van der Waals surface area contributed by atoms with Gasteiger partial charge in [0.05, 0.1) is 12.1 Å². The van der Waals surface area contributed by atoms with E-state index < -0.39 is 0 Å². The van der Waals surface area contributed by atoms with E-state index in [1.165, 1.54) is 0 Å². The maximum absolute atomic E-state index is 12.1. The largest absolute Gasteiger partial charge is 0.447 e. The molecule has 1 unspecified atom stereocenters. The van der Waals surface area contributed by atoms with E-state index in [0.29, 0.717) is 18.4 Å². The number of nitrogens with one attached hydrogen (secondary N) is 1. The molecule has 1 fully saturated rings. The predicted octanol–water partition coefficient (Wildman–Crippen LogP) is 3.40. The normalized spacial score (nSPS) is 18.8. The molecule has 3 heterocycles. The van der Waals surface area contributed by atoms with Gasteiger partial charge in [0, 0.05) is 17.3 Å². The third-order valence-electron chi connectivity index (χ3n) is 3.92. The van der Waals surface area contributed by atoms with Gasteiger partial charge in [0.1, 0.15) is 17.4 Å². The first-order valence-electron chi connectivity index (χ1n) is 7.93. The number of rotatable bonds is 5. The molecule has 128 valence electrons. The first kappa shape index (κ1) is 16.6. The quantitative estimate of drug-likeness (QED) is 0.893. The van der Waals surface area contributed by atoms with Crippen molar-refractivity contribution in [1.82, 2.24) is 15.0 Å². The van der Waals surface area contributed by atoms with Crippen molar-refractivity contribution < 1.29 is 9.53 Å². The highest BCUT2D eigenvalue weighted by molar-refractivity contribution is 7.09. The van der Waals surface area contributed by atoms with E-state index in [9.17, 15) is 4.79 Å². The van der Waals surface area contributed by atoms with Crippen LogP contribution in [0.4, 0.5) is 16.6 Å². The summed E-state index contributed by atoms with van der Waals surface area (Å²) in [6.45, 7) is 8.49. The molecular weight excluding hydrogens is 326 g/mol. The van der Waals surface area contributed by atoms with Crippen LogP contribution in [0.15, 0.2) is 17.6 Å². The molecule has 1 aliphatic heterocycles. The monoisotopic (exact) mass is 347 g/mol. The summed E-state index contributed by atoms with van der Waals surface area (Å²) in [5.41, 5.74) is 0.998. The van der Waals surface area contributed by atoms with Crippen molar-refractivity contribution in [3.8, 4) is 0 Å². The number of aromatic nitrogens is 3. The molecule has 2 atom stereocenters. The van der Waals surface area contributed by atoms with E-state index in [1.54, 1.807) is 28.5 Å². The number of anilines is 2. The highest BCUT2D eigenvalue weighted by atomic mass is 32.1. The van der Waals surface area contributed by atoms with Gasteiger partial charge in [-0.2, -0.15) is 4.98 Å². The number of carbonyl (C=O) groups is 1. The molecule has 0 saturated carbocycles. The fourth-order valence-corrected chi connectivity index (χ4v) is 3.37. The third kappa shape index (κ3) is 3.33. The van der Waals surface area contributed by atoms with Crippen molar-refractivity contribution in [2.45, 2.75) is 39.8 Å². The van der Waals surface area contributed by atoms with Gasteiger partial charge in [0.25, 0.3) is 0 Å². The molecule has 1 amide bonds. The molecule has 2 aromatic heterocycles. The molecule has 7 nitrogen and oxygen atoms in total. The van der Waals surface area contributed by atoms with E-state index in [4.69, 9.17) is 4.74 Å². The number of cyclic esters (lactones) is 1. The highest BCUT2D eigenvalue weighted by Gasteiger charge is 2.37. The van der Waals surface area contributed by atoms with Crippen molar-refractivity contribution in [3.63, 3.8) is 0 Å². The maximum atomic E-state index is 12.1. The van der Waals surface area contributed by atoms with Crippen LogP contribution >= 0.6 is 11.3 Å².